The summed E-state index contributed by atoms with van der Waals surface area (Å²) >= 11 is 0. The normalized spacial score (nSPS) is 10.1. The second-order valence-corrected chi connectivity index (χ2v) is 4.88. The van der Waals surface area contributed by atoms with E-state index in [1.54, 1.807) is 30.5 Å². The number of fused-ring (bicyclic) bond motifs is 1. The Morgan fingerprint density at radius 3 is 2.78 bits per heavy atom. The van der Waals surface area contributed by atoms with E-state index in [9.17, 15) is 4.79 Å². The van der Waals surface area contributed by atoms with Crippen LogP contribution in [0.2, 0.25) is 0 Å². The van der Waals surface area contributed by atoms with Gasteiger partial charge in [0, 0.05) is 22.1 Å². The zero-order valence-corrected chi connectivity index (χ0v) is 12.2. The first-order valence-electron chi connectivity index (χ1n) is 7.03. The number of pyridine rings is 1. The topological polar surface area (TPSA) is 90.8 Å². The molecule has 112 valence electrons. The van der Waals surface area contributed by atoms with Gasteiger partial charge in [-0.05, 0) is 28.6 Å². The summed E-state index contributed by atoms with van der Waals surface area (Å²) in [6, 6.07) is 16.6. The summed E-state index contributed by atoms with van der Waals surface area (Å²) in [6.45, 7) is 0.128. The molecule has 1 amide bonds. The lowest BCUT2D eigenvalue weighted by atomic mass is 10.1. The molecule has 0 spiro atoms. The van der Waals surface area contributed by atoms with Crippen molar-refractivity contribution in [1.29, 1.82) is 0 Å². The van der Waals surface area contributed by atoms with Crippen LogP contribution in [0.3, 0.4) is 0 Å². The van der Waals surface area contributed by atoms with Crippen LogP contribution < -0.4 is 5.32 Å². The van der Waals surface area contributed by atoms with Gasteiger partial charge >= 0.3 is 0 Å². The minimum absolute atomic E-state index is 0.128. The number of benzene rings is 2. The van der Waals surface area contributed by atoms with Crippen LogP contribution in [0.4, 0.5) is 5.82 Å². The summed E-state index contributed by atoms with van der Waals surface area (Å²) in [5, 5.41) is 8.23. The van der Waals surface area contributed by atoms with Gasteiger partial charge in [0.1, 0.15) is 5.82 Å². The van der Waals surface area contributed by atoms with Gasteiger partial charge in [0.05, 0.1) is 6.54 Å². The van der Waals surface area contributed by atoms with Gasteiger partial charge in [0.15, 0.2) is 0 Å². The predicted octanol–water partition coefficient (Wildman–Crippen LogP) is 4.30. The van der Waals surface area contributed by atoms with E-state index < -0.39 is 0 Å². The highest BCUT2D eigenvalue weighted by Crippen LogP contribution is 2.21. The summed E-state index contributed by atoms with van der Waals surface area (Å²) in [4.78, 5) is 19.5. The Morgan fingerprint density at radius 1 is 1.13 bits per heavy atom. The van der Waals surface area contributed by atoms with Crippen molar-refractivity contribution in [3.8, 4) is 0 Å². The van der Waals surface area contributed by atoms with Gasteiger partial charge < -0.3 is 5.32 Å². The van der Waals surface area contributed by atoms with Crippen LogP contribution in [0.1, 0.15) is 15.9 Å². The molecule has 0 unspecified atom stereocenters. The highest BCUT2D eigenvalue weighted by atomic mass is 16.1. The third-order valence-corrected chi connectivity index (χ3v) is 3.47. The zero-order chi connectivity index (χ0) is 16.1. The van der Waals surface area contributed by atoms with Gasteiger partial charge in [-0.2, -0.15) is 0 Å². The largest absolute Gasteiger partial charge is 0.306 e. The average molecular weight is 303 g/mol. The molecule has 3 rings (SSSR count). The summed E-state index contributed by atoms with van der Waals surface area (Å²) in [6.07, 6.45) is 1.66. The second-order valence-electron chi connectivity index (χ2n) is 4.88. The molecular formula is C17H13N5O. The van der Waals surface area contributed by atoms with Crippen LogP contribution in [-0.4, -0.2) is 10.9 Å². The minimum Gasteiger partial charge on any atom is -0.306 e. The average Bonchev–Trinajstić information content (AvgIpc) is 2.60. The van der Waals surface area contributed by atoms with Crippen LogP contribution in [-0.2, 0) is 6.54 Å². The van der Waals surface area contributed by atoms with Crippen molar-refractivity contribution in [3.05, 3.63) is 82.4 Å². The first-order valence-corrected chi connectivity index (χ1v) is 7.03. The standard InChI is InChI=1S/C17H13N5O/c18-22-20-11-13-6-2-4-8-15(13)17(23)21-16-14-7-3-1-5-12(14)9-10-19-16/h1-10H,11H2,(H,19,21,23). The van der Waals surface area contributed by atoms with E-state index in [-0.39, 0.29) is 12.5 Å². The number of azide groups is 1. The third kappa shape index (κ3) is 3.12. The lowest BCUT2D eigenvalue weighted by Gasteiger charge is -2.10. The van der Waals surface area contributed by atoms with Crippen molar-refractivity contribution < 1.29 is 4.79 Å². The van der Waals surface area contributed by atoms with Gasteiger partial charge in [-0.25, -0.2) is 4.98 Å². The molecule has 0 aliphatic heterocycles. The fourth-order valence-electron chi connectivity index (χ4n) is 2.38. The quantitative estimate of drug-likeness (QED) is 0.442. The summed E-state index contributed by atoms with van der Waals surface area (Å²) in [7, 11) is 0. The van der Waals surface area contributed by atoms with Crippen LogP contribution in [0.15, 0.2) is 65.9 Å². The third-order valence-electron chi connectivity index (χ3n) is 3.47. The van der Waals surface area contributed by atoms with E-state index in [4.69, 9.17) is 5.53 Å². The van der Waals surface area contributed by atoms with Gasteiger partial charge in [-0.3, -0.25) is 4.79 Å². The first kappa shape index (κ1) is 14.6. The number of nitrogens with zero attached hydrogens (tertiary/aromatic N) is 4. The van der Waals surface area contributed by atoms with Crippen molar-refractivity contribution in [3.63, 3.8) is 0 Å². The van der Waals surface area contributed by atoms with Crippen LogP contribution in [0.5, 0.6) is 0 Å². The molecule has 1 heterocycles. The Bertz CT molecular complexity index is 910. The van der Waals surface area contributed by atoms with Gasteiger partial charge in [0.2, 0.25) is 0 Å². The van der Waals surface area contributed by atoms with Crippen LogP contribution >= 0.6 is 0 Å². The Labute approximate surface area is 132 Å². The maximum Gasteiger partial charge on any atom is 0.257 e. The number of carbonyl (C=O) groups is 1. The molecule has 0 aliphatic carbocycles. The maximum absolute atomic E-state index is 12.6. The molecule has 0 fully saturated rings. The molecule has 0 saturated heterocycles. The molecule has 2 aromatic carbocycles. The first-order chi connectivity index (χ1) is 11.3. The number of hydrogen-bond acceptors (Lipinski definition) is 3. The SMILES string of the molecule is [N-]=[N+]=NCc1ccccc1C(=O)Nc1nccc2ccccc12. The highest BCUT2D eigenvalue weighted by Gasteiger charge is 2.12. The molecule has 1 N–H and O–H groups in total. The fraction of sp³-hybridized carbons (Fsp3) is 0.0588. The molecule has 6 heteroatoms. The minimum atomic E-state index is -0.280. The second kappa shape index (κ2) is 6.60. The molecule has 0 radical (unpaired) electrons. The van der Waals surface area contributed by atoms with Crippen molar-refractivity contribution in [2.24, 2.45) is 5.11 Å². The van der Waals surface area contributed by atoms with Crippen molar-refractivity contribution in [2.75, 3.05) is 5.32 Å². The fourth-order valence-corrected chi connectivity index (χ4v) is 2.38. The maximum atomic E-state index is 12.6. The van der Waals surface area contributed by atoms with Crippen LogP contribution in [0.25, 0.3) is 21.2 Å². The van der Waals surface area contributed by atoms with E-state index in [2.05, 4.69) is 20.3 Å². The Balaban J connectivity index is 1.94. The predicted molar refractivity (Wildman–Crippen MR) is 89.0 cm³/mol. The van der Waals surface area contributed by atoms with E-state index in [0.717, 1.165) is 10.8 Å². The molecule has 0 bridgehead atoms. The number of carbonyl (C=O) groups excluding carboxylic acids is 1. The lowest BCUT2D eigenvalue weighted by Crippen LogP contribution is -2.15. The molecule has 6 nitrogen and oxygen atoms in total. The molecular weight excluding hydrogens is 290 g/mol. The number of hydrogen-bond donors (Lipinski definition) is 1. The summed E-state index contributed by atoms with van der Waals surface area (Å²) in [5.41, 5.74) is 9.60. The van der Waals surface area contributed by atoms with Crippen molar-refractivity contribution in [1.82, 2.24) is 4.98 Å². The van der Waals surface area contributed by atoms with Gasteiger partial charge in [0.25, 0.3) is 5.91 Å². The van der Waals surface area contributed by atoms with Crippen molar-refractivity contribution in [2.45, 2.75) is 6.54 Å². The Kier molecular flexibility index (Phi) is 4.18. The van der Waals surface area contributed by atoms with Gasteiger partial charge in [-0.1, -0.05) is 47.6 Å². The summed E-state index contributed by atoms with van der Waals surface area (Å²) in [5.74, 6) is 0.226. The number of nitrogens with one attached hydrogen (secondary N) is 1. The highest BCUT2D eigenvalue weighted by molar-refractivity contribution is 6.08. The Hall–Kier alpha value is -3.37. The van der Waals surface area contributed by atoms with E-state index in [0.29, 0.717) is 16.9 Å². The molecule has 1 aromatic heterocycles. The van der Waals surface area contributed by atoms with Crippen LogP contribution in [0, 0.1) is 0 Å². The van der Waals surface area contributed by atoms with E-state index in [1.807, 2.05) is 30.3 Å². The van der Waals surface area contributed by atoms with E-state index in [1.165, 1.54) is 0 Å². The smallest absolute Gasteiger partial charge is 0.257 e. The summed E-state index contributed by atoms with van der Waals surface area (Å²) < 4.78 is 0. The lowest BCUT2D eigenvalue weighted by molar-refractivity contribution is 0.102. The zero-order valence-electron chi connectivity index (χ0n) is 12.2. The number of aromatic nitrogens is 1. The monoisotopic (exact) mass is 303 g/mol. The molecule has 0 aliphatic rings. The molecule has 23 heavy (non-hydrogen) atoms. The molecule has 3 aromatic rings. The van der Waals surface area contributed by atoms with Crippen molar-refractivity contribution >= 4 is 22.5 Å². The number of anilines is 1. The number of rotatable bonds is 4. The molecule has 0 atom stereocenters. The Morgan fingerprint density at radius 2 is 1.91 bits per heavy atom. The van der Waals surface area contributed by atoms with E-state index >= 15 is 0 Å². The molecule has 0 saturated carbocycles. The number of amides is 1. The van der Waals surface area contributed by atoms with Gasteiger partial charge in [-0.15, -0.1) is 0 Å².